The van der Waals surface area contributed by atoms with Crippen molar-refractivity contribution in [3.63, 3.8) is 0 Å². The predicted octanol–water partition coefficient (Wildman–Crippen LogP) is 5.66. The van der Waals surface area contributed by atoms with Crippen LogP contribution in [0, 0.1) is 11.6 Å². The van der Waals surface area contributed by atoms with E-state index in [-0.39, 0.29) is 12.0 Å². The van der Waals surface area contributed by atoms with Crippen LogP contribution < -0.4 is 0 Å². The van der Waals surface area contributed by atoms with Crippen molar-refractivity contribution >= 4 is 15.9 Å². The predicted molar refractivity (Wildman–Crippen MR) is 73.2 cm³/mol. The Kier molecular flexibility index (Phi) is 4.66. The second kappa shape index (κ2) is 6.13. The minimum Gasteiger partial charge on any atom is -0.207 e. The van der Waals surface area contributed by atoms with Crippen molar-refractivity contribution in [3.8, 4) is 0 Å². The minimum absolute atomic E-state index is 0.103. The van der Waals surface area contributed by atoms with Crippen LogP contribution in [0.4, 0.5) is 22.0 Å². The Hall–Kier alpha value is -1.43. The highest BCUT2D eigenvalue weighted by atomic mass is 79.9. The van der Waals surface area contributed by atoms with Gasteiger partial charge >= 0.3 is 6.18 Å². The average Bonchev–Trinajstić information content (AvgIpc) is 2.37. The number of benzene rings is 2. The average molecular weight is 365 g/mol. The first-order valence-electron chi connectivity index (χ1n) is 6.03. The van der Waals surface area contributed by atoms with Gasteiger partial charge in [0.15, 0.2) is 0 Å². The summed E-state index contributed by atoms with van der Waals surface area (Å²) in [4.78, 5) is -0.679. The molecular formula is C15H10BrF5. The second-order valence-corrected chi connectivity index (χ2v) is 5.61. The molecule has 2 aromatic carbocycles. The third-order valence-electron chi connectivity index (χ3n) is 2.98. The molecule has 0 nitrogen and oxygen atoms in total. The summed E-state index contributed by atoms with van der Waals surface area (Å²) in [5.41, 5.74) is -0.841. The van der Waals surface area contributed by atoms with Crippen molar-refractivity contribution in [2.24, 2.45) is 0 Å². The molecule has 0 aliphatic rings. The summed E-state index contributed by atoms with van der Waals surface area (Å²) in [5, 5.41) is 0. The van der Waals surface area contributed by atoms with Crippen LogP contribution in [0.2, 0.25) is 0 Å². The number of alkyl halides is 4. The molecule has 0 N–H and O–H groups in total. The van der Waals surface area contributed by atoms with Crippen molar-refractivity contribution in [2.45, 2.75) is 17.4 Å². The first-order valence-corrected chi connectivity index (χ1v) is 6.94. The van der Waals surface area contributed by atoms with Crippen LogP contribution in [0.15, 0.2) is 42.5 Å². The lowest BCUT2D eigenvalue weighted by molar-refractivity contribution is -0.140. The van der Waals surface area contributed by atoms with Crippen molar-refractivity contribution in [2.75, 3.05) is 0 Å². The lowest BCUT2D eigenvalue weighted by atomic mass is 10.0. The minimum atomic E-state index is -4.74. The third-order valence-corrected chi connectivity index (χ3v) is 3.79. The van der Waals surface area contributed by atoms with E-state index >= 15 is 0 Å². The van der Waals surface area contributed by atoms with Crippen molar-refractivity contribution in [1.29, 1.82) is 0 Å². The first kappa shape index (κ1) is 15.9. The summed E-state index contributed by atoms with van der Waals surface area (Å²) in [6.07, 6.45) is -4.57. The molecule has 0 saturated carbocycles. The van der Waals surface area contributed by atoms with Gasteiger partial charge in [-0.05, 0) is 30.2 Å². The zero-order valence-corrected chi connectivity index (χ0v) is 12.2. The zero-order chi connectivity index (χ0) is 15.6. The van der Waals surface area contributed by atoms with E-state index in [9.17, 15) is 22.0 Å². The maximum absolute atomic E-state index is 14.0. The molecule has 0 aliphatic carbocycles. The van der Waals surface area contributed by atoms with Crippen LogP contribution in [0.1, 0.15) is 21.5 Å². The van der Waals surface area contributed by atoms with Crippen molar-refractivity contribution in [3.05, 3.63) is 70.8 Å². The van der Waals surface area contributed by atoms with Gasteiger partial charge in [0.05, 0.1) is 5.56 Å². The molecule has 0 aliphatic heterocycles. The lowest BCUT2D eigenvalue weighted by Crippen LogP contribution is -2.11. The second-order valence-electron chi connectivity index (χ2n) is 4.51. The number of halogens is 6. The van der Waals surface area contributed by atoms with Gasteiger partial charge in [-0.2, -0.15) is 13.2 Å². The zero-order valence-electron chi connectivity index (χ0n) is 10.6. The van der Waals surface area contributed by atoms with E-state index in [1.165, 1.54) is 24.3 Å². The van der Waals surface area contributed by atoms with Crippen LogP contribution in [-0.4, -0.2) is 0 Å². The Balaban J connectivity index is 2.30. The summed E-state index contributed by atoms with van der Waals surface area (Å²) in [7, 11) is 0. The molecule has 112 valence electrons. The summed E-state index contributed by atoms with van der Waals surface area (Å²) >= 11 is 3.17. The van der Waals surface area contributed by atoms with Crippen LogP contribution in [-0.2, 0) is 12.6 Å². The molecule has 0 fully saturated rings. The molecule has 0 bridgehead atoms. The Morgan fingerprint density at radius 2 is 1.67 bits per heavy atom. The fourth-order valence-electron chi connectivity index (χ4n) is 1.99. The monoisotopic (exact) mass is 364 g/mol. The molecule has 0 radical (unpaired) electrons. The molecule has 1 atom stereocenters. The number of rotatable bonds is 3. The van der Waals surface area contributed by atoms with Gasteiger partial charge in [0.1, 0.15) is 11.6 Å². The van der Waals surface area contributed by atoms with Gasteiger partial charge in [-0.3, -0.25) is 0 Å². The summed E-state index contributed by atoms with van der Waals surface area (Å²) in [6, 6.07) is 8.78. The maximum atomic E-state index is 14.0. The molecule has 21 heavy (non-hydrogen) atoms. The number of hydrogen-bond donors (Lipinski definition) is 0. The Bertz CT molecular complexity index is 636. The summed E-state index contributed by atoms with van der Waals surface area (Å²) in [6.45, 7) is 0. The van der Waals surface area contributed by atoms with Gasteiger partial charge in [0, 0.05) is 10.4 Å². The van der Waals surface area contributed by atoms with E-state index in [1.54, 1.807) is 6.07 Å². The van der Waals surface area contributed by atoms with E-state index in [0.717, 1.165) is 6.07 Å². The standard InChI is InChI=1S/C15H10BrF5/c16-13(8-9-3-1-4-10(17)7-9)11-5-2-6-12(14(11)18)15(19,20)21/h1-7,13H,8H2. The third kappa shape index (κ3) is 3.81. The maximum Gasteiger partial charge on any atom is 0.419 e. The van der Waals surface area contributed by atoms with E-state index in [4.69, 9.17) is 0 Å². The molecule has 0 saturated heterocycles. The van der Waals surface area contributed by atoms with Crippen molar-refractivity contribution < 1.29 is 22.0 Å². The molecule has 0 aromatic heterocycles. The van der Waals surface area contributed by atoms with Gasteiger partial charge in [-0.1, -0.05) is 40.2 Å². The highest BCUT2D eigenvalue weighted by molar-refractivity contribution is 9.09. The highest BCUT2D eigenvalue weighted by Crippen LogP contribution is 2.36. The van der Waals surface area contributed by atoms with Crippen LogP contribution in [0.3, 0.4) is 0 Å². The van der Waals surface area contributed by atoms with Gasteiger partial charge in [0.25, 0.3) is 0 Å². The molecule has 0 amide bonds. The smallest absolute Gasteiger partial charge is 0.207 e. The van der Waals surface area contributed by atoms with Gasteiger partial charge < -0.3 is 0 Å². The highest BCUT2D eigenvalue weighted by Gasteiger charge is 2.35. The van der Waals surface area contributed by atoms with E-state index in [1.807, 2.05) is 0 Å². The van der Waals surface area contributed by atoms with E-state index < -0.39 is 28.2 Å². The van der Waals surface area contributed by atoms with Crippen LogP contribution in [0.5, 0.6) is 0 Å². The fraction of sp³-hybridized carbons (Fsp3) is 0.200. The molecule has 2 rings (SSSR count). The molecule has 0 heterocycles. The van der Waals surface area contributed by atoms with E-state index in [0.29, 0.717) is 11.6 Å². The Labute approximate surface area is 126 Å². The molecule has 1 unspecified atom stereocenters. The summed E-state index contributed by atoms with van der Waals surface area (Å²) < 4.78 is 65.1. The molecular weight excluding hydrogens is 355 g/mol. The first-order chi connectivity index (χ1) is 9.79. The SMILES string of the molecule is Fc1cccc(CC(Br)c2cccc(C(F)(F)F)c2F)c1. The Morgan fingerprint density at radius 1 is 1.00 bits per heavy atom. The largest absolute Gasteiger partial charge is 0.419 e. The van der Waals surface area contributed by atoms with E-state index in [2.05, 4.69) is 15.9 Å². The van der Waals surface area contributed by atoms with Gasteiger partial charge in [-0.25, -0.2) is 8.78 Å². The van der Waals surface area contributed by atoms with Gasteiger partial charge in [-0.15, -0.1) is 0 Å². The molecule has 6 heteroatoms. The quantitative estimate of drug-likeness (QED) is 0.486. The van der Waals surface area contributed by atoms with Crippen LogP contribution in [0.25, 0.3) is 0 Å². The molecule has 2 aromatic rings. The van der Waals surface area contributed by atoms with Crippen LogP contribution >= 0.6 is 15.9 Å². The summed E-state index contributed by atoms with van der Waals surface area (Å²) in [5.74, 6) is -1.75. The topological polar surface area (TPSA) is 0 Å². The number of hydrogen-bond acceptors (Lipinski definition) is 0. The fourth-order valence-corrected chi connectivity index (χ4v) is 2.72. The van der Waals surface area contributed by atoms with Gasteiger partial charge in [0.2, 0.25) is 0 Å². The Morgan fingerprint density at radius 3 is 2.29 bits per heavy atom. The molecule has 0 spiro atoms. The van der Waals surface area contributed by atoms with Crippen molar-refractivity contribution in [1.82, 2.24) is 0 Å². The lowest BCUT2D eigenvalue weighted by Gasteiger charge is -2.15. The normalized spacial score (nSPS) is 13.2.